The van der Waals surface area contributed by atoms with Gasteiger partial charge in [-0.2, -0.15) is 0 Å². The molecule has 0 aliphatic carbocycles. The number of fused-ring (bicyclic) bond motifs is 1. The molecule has 216 valence electrons. The number of hydrogen-bond acceptors (Lipinski definition) is 7. The summed E-state index contributed by atoms with van der Waals surface area (Å²) >= 11 is 1.37. The van der Waals surface area contributed by atoms with Crippen molar-refractivity contribution >= 4 is 55.8 Å². The molecule has 0 saturated carbocycles. The average molecular weight is 597 g/mol. The summed E-state index contributed by atoms with van der Waals surface area (Å²) in [5.41, 5.74) is 2.83. The molecule has 11 heteroatoms. The molecule has 6 rings (SSSR count). The molecule has 2 heterocycles. The Hall–Kier alpha value is -5.13. The standard InChI is InChI=1S/C32H25FN4O5S/c1-41-24-6-4-5-22(17-24)34-30(39)27-28(42-27)31(40)37(18-19-9-13-21(33)14-10-19)23-15-11-20(12-16-23)29(38)36-32-35-25-7-2-3-8-26(25)43-32/h2-17,27-28H,18H2,1H3,(H,34,39)(H,35,36,38). The first-order chi connectivity index (χ1) is 20.9. The number of carbonyl (C=O) groups excluding carboxylic acids is 3. The van der Waals surface area contributed by atoms with E-state index in [4.69, 9.17) is 9.47 Å². The molecule has 0 spiro atoms. The van der Waals surface area contributed by atoms with E-state index in [9.17, 15) is 18.8 Å². The van der Waals surface area contributed by atoms with Gasteiger partial charge in [0.25, 0.3) is 17.7 Å². The van der Waals surface area contributed by atoms with E-state index in [1.54, 1.807) is 60.7 Å². The summed E-state index contributed by atoms with van der Waals surface area (Å²) in [6.07, 6.45) is -1.98. The lowest BCUT2D eigenvalue weighted by Gasteiger charge is -2.23. The number of anilines is 3. The molecule has 2 unspecified atom stereocenters. The van der Waals surface area contributed by atoms with Gasteiger partial charge in [-0.25, -0.2) is 9.37 Å². The van der Waals surface area contributed by atoms with Crippen LogP contribution in [-0.2, 0) is 20.9 Å². The van der Waals surface area contributed by atoms with Crippen LogP contribution in [0.15, 0.2) is 97.1 Å². The Balaban J connectivity index is 1.18. The lowest BCUT2D eigenvalue weighted by molar-refractivity contribution is -0.120. The summed E-state index contributed by atoms with van der Waals surface area (Å²) in [6, 6.07) is 26.7. The number of epoxide rings is 1. The Morgan fingerprint density at radius 3 is 2.44 bits per heavy atom. The lowest BCUT2D eigenvalue weighted by Crippen LogP contribution is -2.36. The highest BCUT2D eigenvalue weighted by molar-refractivity contribution is 7.22. The zero-order valence-corrected chi connectivity index (χ0v) is 23.6. The molecule has 0 radical (unpaired) electrons. The van der Waals surface area contributed by atoms with E-state index < -0.39 is 29.8 Å². The minimum Gasteiger partial charge on any atom is -0.497 e. The van der Waals surface area contributed by atoms with Crippen molar-refractivity contribution in [1.82, 2.24) is 4.98 Å². The van der Waals surface area contributed by atoms with E-state index in [2.05, 4.69) is 15.6 Å². The molecule has 9 nitrogen and oxygen atoms in total. The fraction of sp³-hybridized carbons (Fsp3) is 0.125. The van der Waals surface area contributed by atoms with Crippen molar-refractivity contribution < 1.29 is 28.2 Å². The second kappa shape index (κ2) is 12.0. The van der Waals surface area contributed by atoms with Gasteiger partial charge in [0.05, 0.1) is 23.9 Å². The maximum Gasteiger partial charge on any atom is 0.259 e. The van der Waals surface area contributed by atoms with Crippen molar-refractivity contribution in [1.29, 1.82) is 0 Å². The van der Waals surface area contributed by atoms with Crippen LogP contribution >= 0.6 is 11.3 Å². The van der Waals surface area contributed by atoms with Crippen molar-refractivity contribution in [3.05, 3.63) is 114 Å². The second-order valence-electron chi connectivity index (χ2n) is 9.74. The zero-order valence-electron chi connectivity index (χ0n) is 22.8. The first-order valence-electron chi connectivity index (χ1n) is 13.3. The van der Waals surface area contributed by atoms with E-state index in [-0.39, 0.29) is 12.5 Å². The van der Waals surface area contributed by atoms with Gasteiger partial charge in [-0.05, 0) is 66.2 Å². The summed E-state index contributed by atoms with van der Waals surface area (Å²) in [5, 5.41) is 6.04. The van der Waals surface area contributed by atoms with Crippen LogP contribution in [0.4, 0.5) is 20.9 Å². The van der Waals surface area contributed by atoms with Crippen LogP contribution < -0.4 is 20.3 Å². The minimum atomic E-state index is -1.01. The highest BCUT2D eigenvalue weighted by Crippen LogP contribution is 2.31. The number of nitrogens with zero attached hydrogens (tertiary/aromatic N) is 2. The molecule has 1 fully saturated rings. The highest BCUT2D eigenvalue weighted by atomic mass is 32.1. The van der Waals surface area contributed by atoms with Crippen LogP contribution in [0.1, 0.15) is 15.9 Å². The van der Waals surface area contributed by atoms with Gasteiger partial charge in [-0.3, -0.25) is 19.7 Å². The monoisotopic (exact) mass is 596 g/mol. The van der Waals surface area contributed by atoms with Crippen LogP contribution in [0.3, 0.4) is 0 Å². The lowest BCUT2D eigenvalue weighted by atomic mass is 10.1. The number of hydrogen-bond donors (Lipinski definition) is 2. The molecule has 2 atom stereocenters. The molecule has 5 aromatic rings. The molecule has 1 aliphatic heterocycles. The van der Waals surface area contributed by atoms with Gasteiger partial charge in [0, 0.05) is 23.0 Å². The van der Waals surface area contributed by atoms with Crippen LogP contribution in [-0.4, -0.2) is 42.0 Å². The number of ether oxygens (including phenoxy) is 2. The first-order valence-corrected chi connectivity index (χ1v) is 14.1. The van der Waals surface area contributed by atoms with Gasteiger partial charge < -0.3 is 19.7 Å². The third-order valence-electron chi connectivity index (χ3n) is 6.81. The van der Waals surface area contributed by atoms with Gasteiger partial charge >= 0.3 is 0 Å². The maximum atomic E-state index is 13.6. The number of benzene rings is 4. The first kappa shape index (κ1) is 28.0. The van der Waals surface area contributed by atoms with Crippen molar-refractivity contribution in [3.8, 4) is 5.75 Å². The van der Waals surface area contributed by atoms with Gasteiger partial charge in [0.15, 0.2) is 17.3 Å². The molecule has 3 amide bonds. The van der Waals surface area contributed by atoms with Crippen molar-refractivity contribution in [2.45, 2.75) is 18.8 Å². The second-order valence-corrected chi connectivity index (χ2v) is 10.8. The molecule has 2 N–H and O–H groups in total. The predicted molar refractivity (Wildman–Crippen MR) is 162 cm³/mol. The summed E-state index contributed by atoms with van der Waals surface area (Å²) in [5.74, 6) is -1.08. The third kappa shape index (κ3) is 6.37. The molecule has 43 heavy (non-hydrogen) atoms. The number of methoxy groups -OCH3 is 1. The molecule has 1 aromatic heterocycles. The van der Waals surface area contributed by atoms with Gasteiger partial charge in [0.1, 0.15) is 11.6 Å². The number of aromatic nitrogens is 1. The Kier molecular flexibility index (Phi) is 7.82. The molecule has 1 aliphatic rings. The number of carbonyl (C=O) groups is 3. The highest BCUT2D eigenvalue weighted by Gasteiger charge is 2.52. The minimum absolute atomic E-state index is 0.0977. The summed E-state index contributed by atoms with van der Waals surface area (Å²) in [6.45, 7) is 0.0977. The topological polar surface area (TPSA) is 113 Å². The summed E-state index contributed by atoms with van der Waals surface area (Å²) in [4.78, 5) is 45.3. The molecule has 0 bridgehead atoms. The van der Waals surface area contributed by atoms with E-state index in [1.165, 1.54) is 35.5 Å². The summed E-state index contributed by atoms with van der Waals surface area (Å²) in [7, 11) is 1.52. The number of nitrogens with one attached hydrogen (secondary N) is 2. The average Bonchev–Trinajstić information content (AvgIpc) is 3.73. The van der Waals surface area contributed by atoms with Crippen LogP contribution in [0.25, 0.3) is 10.2 Å². The Morgan fingerprint density at radius 1 is 0.930 bits per heavy atom. The number of para-hydroxylation sites is 1. The quantitative estimate of drug-likeness (QED) is 0.213. The van der Waals surface area contributed by atoms with Crippen LogP contribution in [0.2, 0.25) is 0 Å². The van der Waals surface area contributed by atoms with Gasteiger partial charge in [-0.15, -0.1) is 0 Å². The van der Waals surface area contributed by atoms with E-state index in [0.717, 1.165) is 10.2 Å². The van der Waals surface area contributed by atoms with Crippen LogP contribution in [0, 0.1) is 5.82 Å². The molecular weight excluding hydrogens is 571 g/mol. The third-order valence-corrected chi connectivity index (χ3v) is 7.76. The number of rotatable bonds is 9. The van der Waals surface area contributed by atoms with E-state index in [1.807, 2.05) is 24.3 Å². The Labute approximate surface area is 249 Å². The van der Waals surface area contributed by atoms with Crippen molar-refractivity contribution in [2.75, 3.05) is 22.6 Å². The smallest absolute Gasteiger partial charge is 0.259 e. The van der Waals surface area contributed by atoms with Gasteiger partial charge in [0.2, 0.25) is 0 Å². The number of thiazole rings is 1. The molecule has 1 saturated heterocycles. The van der Waals surface area contributed by atoms with E-state index in [0.29, 0.717) is 33.4 Å². The summed E-state index contributed by atoms with van der Waals surface area (Å²) < 4.78 is 25.2. The largest absolute Gasteiger partial charge is 0.497 e. The Bertz CT molecular complexity index is 1780. The fourth-order valence-electron chi connectivity index (χ4n) is 4.52. The number of halogens is 1. The zero-order chi connectivity index (χ0) is 29.9. The van der Waals surface area contributed by atoms with E-state index >= 15 is 0 Å². The maximum absolute atomic E-state index is 13.6. The molecular formula is C32H25FN4O5S. The normalized spacial score (nSPS) is 15.5. The SMILES string of the molecule is COc1cccc(NC(=O)C2OC2C(=O)N(Cc2ccc(F)cc2)c2ccc(C(=O)Nc3nc4ccccc4s3)cc2)c1. The fourth-order valence-corrected chi connectivity index (χ4v) is 5.38. The van der Waals surface area contributed by atoms with Crippen molar-refractivity contribution in [3.63, 3.8) is 0 Å². The van der Waals surface area contributed by atoms with Crippen molar-refractivity contribution in [2.24, 2.45) is 0 Å². The Morgan fingerprint density at radius 2 is 1.70 bits per heavy atom. The molecule has 4 aromatic carbocycles. The van der Waals surface area contributed by atoms with Gasteiger partial charge in [-0.1, -0.05) is 41.7 Å². The van der Waals surface area contributed by atoms with Crippen LogP contribution in [0.5, 0.6) is 5.75 Å². The number of amides is 3. The predicted octanol–water partition coefficient (Wildman–Crippen LogP) is 5.64.